The second kappa shape index (κ2) is 8.66. The van der Waals surface area contributed by atoms with Crippen LogP contribution in [0.25, 0.3) is 22.5 Å². The molecule has 0 atom stereocenters. The Bertz CT molecular complexity index is 1290. The van der Waals surface area contributed by atoms with Crippen LogP contribution in [0.3, 0.4) is 0 Å². The van der Waals surface area contributed by atoms with Gasteiger partial charge in [-0.3, -0.25) is 4.79 Å². The van der Waals surface area contributed by atoms with Crippen LogP contribution in [-0.2, 0) is 11.3 Å². The molecule has 8 heteroatoms. The van der Waals surface area contributed by atoms with Crippen molar-refractivity contribution < 1.29 is 13.6 Å². The van der Waals surface area contributed by atoms with Gasteiger partial charge in [0.1, 0.15) is 29.6 Å². The summed E-state index contributed by atoms with van der Waals surface area (Å²) in [5.41, 5.74) is 1.30. The molecule has 0 spiro atoms. The molecule has 3 aromatic carbocycles. The summed E-state index contributed by atoms with van der Waals surface area (Å²) in [6, 6.07) is 21.0. The molecule has 1 N–H and O–H groups in total. The van der Waals surface area contributed by atoms with Gasteiger partial charge < -0.3 is 5.32 Å². The fraction of sp³-hybridized carbons (Fsp3) is 0.0435. The van der Waals surface area contributed by atoms with E-state index in [2.05, 4.69) is 15.4 Å². The number of halogens is 2. The monoisotopic (exact) mass is 418 g/mol. The predicted octanol–water partition coefficient (Wildman–Crippen LogP) is 3.89. The summed E-state index contributed by atoms with van der Waals surface area (Å²) in [7, 11) is 0. The zero-order valence-corrected chi connectivity index (χ0v) is 16.1. The van der Waals surface area contributed by atoms with Crippen molar-refractivity contribution in [3.05, 3.63) is 101 Å². The minimum absolute atomic E-state index is 0.198. The third kappa shape index (κ3) is 4.53. The van der Waals surface area contributed by atoms with Gasteiger partial charge in [0.15, 0.2) is 0 Å². The number of carbonyl (C=O) groups excluding carboxylic acids is 1. The van der Waals surface area contributed by atoms with Crippen LogP contribution in [-0.4, -0.2) is 20.7 Å². The molecule has 154 valence electrons. The van der Waals surface area contributed by atoms with Crippen LogP contribution in [0.5, 0.6) is 0 Å². The van der Waals surface area contributed by atoms with E-state index in [9.17, 15) is 18.4 Å². The lowest BCUT2D eigenvalue weighted by atomic mass is 10.0. The third-order valence-corrected chi connectivity index (χ3v) is 4.47. The molecule has 1 aromatic heterocycles. The highest BCUT2D eigenvalue weighted by molar-refractivity contribution is 5.90. The van der Waals surface area contributed by atoms with Crippen LogP contribution in [0.4, 0.5) is 14.5 Å². The molecule has 0 saturated heterocycles. The fourth-order valence-electron chi connectivity index (χ4n) is 3.02. The van der Waals surface area contributed by atoms with Gasteiger partial charge in [0.2, 0.25) is 5.91 Å². The summed E-state index contributed by atoms with van der Waals surface area (Å²) in [6.07, 6.45) is 0. The van der Waals surface area contributed by atoms with Crippen molar-refractivity contribution in [2.75, 3.05) is 5.32 Å². The first-order valence-electron chi connectivity index (χ1n) is 9.36. The largest absolute Gasteiger partial charge is 0.365 e. The molecule has 1 heterocycles. The van der Waals surface area contributed by atoms with E-state index < -0.39 is 29.8 Å². The van der Waals surface area contributed by atoms with Gasteiger partial charge in [-0.15, -0.1) is 0 Å². The number of nitrogens with one attached hydrogen (secondary N) is 1. The highest BCUT2D eigenvalue weighted by Gasteiger charge is 2.17. The Morgan fingerprint density at radius 1 is 0.871 bits per heavy atom. The number of carbonyl (C=O) groups is 1. The van der Waals surface area contributed by atoms with Crippen molar-refractivity contribution >= 4 is 11.6 Å². The Morgan fingerprint density at radius 2 is 1.48 bits per heavy atom. The van der Waals surface area contributed by atoms with E-state index in [1.165, 1.54) is 0 Å². The van der Waals surface area contributed by atoms with Crippen LogP contribution in [0, 0.1) is 11.6 Å². The first-order valence-corrected chi connectivity index (χ1v) is 9.36. The van der Waals surface area contributed by atoms with Crippen molar-refractivity contribution in [1.82, 2.24) is 14.8 Å². The minimum Gasteiger partial charge on any atom is -0.322 e. The smallest absolute Gasteiger partial charge is 0.322 e. The Morgan fingerprint density at radius 3 is 2.10 bits per heavy atom. The Labute approximate surface area is 175 Å². The van der Waals surface area contributed by atoms with Crippen molar-refractivity contribution in [2.45, 2.75) is 6.54 Å². The molecule has 0 aliphatic heterocycles. The molecule has 0 fully saturated rings. The number of anilines is 1. The summed E-state index contributed by atoms with van der Waals surface area (Å²) in [5, 5.41) is 6.67. The first-order chi connectivity index (χ1) is 15.0. The van der Waals surface area contributed by atoms with E-state index in [1.54, 1.807) is 0 Å². The molecule has 4 aromatic rings. The van der Waals surface area contributed by atoms with Gasteiger partial charge in [-0.2, -0.15) is 10.1 Å². The number of nitrogens with zero attached hydrogens (tertiary/aromatic N) is 3. The van der Waals surface area contributed by atoms with Crippen molar-refractivity contribution in [1.29, 1.82) is 0 Å². The van der Waals surface area contributed by atoms with Crippen LogP contribution in [0.2, 0.25) is 0 Å². The maximum atomic E-state index is 13.8. The standard InChI is InChI=1S/C23H16F2N4O2/c24-17-11-12-19(18(25)13-17)26-20(30)14-29-23(31)27-21(15-7-3-1-4-8-15)22(28-29)16-9-5-2-6-10-16/h1-13H,14H2,(H,26,30). The second-order valence-corrected chi connectivity index (χ2v) is 6.65. The maximum absolute atomic E-state index is 13.8. The molecule has 4 rings (SSSR count). The quantitative estimate of drug-likeness (QED) is 0.534. The molecular weight excluding hydrogens is 402 g/mol. The van der Waals surface area contributed by atoms with E-state index in [-0.39, 0.29) is 5.69 Å². The normalized spacial score (nSPS) is 10.6. The minimum atomic E-state index is -0.920. The number of aromatic nitrogens is 3. The number of amides is 1. The SMILES string of the molecule is O=C(Cn1nc(-c2ccccc2)c(-c2ccccc2)nc1=O)Nc1ccc(F)cc1F. The predicted molar refractivity (Wildman–Crippen MR) is 112 cm³/mol. The van der Waals surface area contributed by atoms with E-state index in [4.69, 9.17) is 0 Å². The van der Waals surface area contributed by atoms with E-state index in [1.807, 2.05) is 60.7 Å². The molecule has 0 saturated carbocycles. The third-order valence-electron chi connectivity index (χ3n) is 4.47. The molecule has 0 aliphatic rings. The Kier molecular flexibility index (Phi) is 5.61. The van der Waals surface area contributed by atoms with Gasteiger partial charge >= 0.3 is 5.69 Å². The average Bonchev–Trinajstić information content (AvgIpc) is 2.78. The molecule has 0 bridgehead atoms. The van der Waals surface area contributed by atoms with Crippen LogP contribution < -0.4 is 11.0 Å². The van der Waals surface area contributed by atoms with E-state index in [0.717, 1.165) is 16.8 Å². The topological polar surface area (TPSA) is 76.9 Å². The van der Waals surface area contributed by atoms with Gasteiger partial charge in [-0.25, -0.2) is 18.3 Å². The van der Waals surface area contributed by atoms with Crippen LogP contribution in [0.1, 0.15) is 0 Å². The van der Waals surface area contributed by atoms with Crippen molar-refractivity contribution in [3.8, 4) is 22.5 Å². The molecule has 1 amide bonds. The van der Waals surface area contributed by atoms with Crippen LogP contribution >= 0.6 is 0 Å². The van der Waals surface area contributed by atoms with Crippen LogP contribution in [0.15, 0.2) is 83.7 Å². The Hall–Kier alpha value is -4.20. The Balaban J connectivity index is 1.70. The number of rotatable bonds is 5. The summed E-state index contributed by atoms with van der Waals surface area (Å²) >= 11 is 0. The molecular formula is C23H16F2N4O2. The maximum Gasteiger partial charge on any atom is 0.365 e. The van der Waals surface area contributed by atoms with Gasteiger partial charge in [-0.1, -0.05) is 60.7 Å². The highest BCUT2D eigenvalue weighted by Crippen LogP contribution is 2.27. The van der Waals surface area contributed by atoms with Gasteiger partial charge in [0, 0.05) is 17.2 Å². The lowest BCUT2D eigenvalue weighted by Crippen LogP contribution is -2.32. The average molecular weight is 418 g/mol. The van der Waals surface area contributed by atoms with Crippen molar-refractivity contribution in [2.24, 2.45) is 0 Å². The summed E-state index contributed by atoms with van der Waals surface area (Å²) in [6.45, 7) is -0.489. The van der Waals surface area contributed by atoms with Gasteiger partial charge in [0.25, 0.3) is 0 Å². The summed E-state index contributed by atoms with van der Waals surface area (Å²) in [5.74, 6) is -2.38. The van der Waals surface area contributed by atoms with Crippen molar-refractivity contribution in [3.63, 3.8) is 0 Å². The lowest BCUT2D eigenvalue weighted by molar-refractivity contribution is -0.117. The number of hydrogen-bond donors (Lipinski definition) is 1. The zero-order chi connectivity index (χ0) is 21.8. The van der Waals surface area contributed by atoms with E-state index in [0.29, 0.717) is 28.6 Å². The molecule has 0 aliphatic carbocycles. The van der Waals surface area contributed by atoms with Gasteiger partial charge in [-0.05, 0) is 12.1 Å². The summed E-state index contributed by atoms with van der Waals surface area (Å²) < 4.78 is 27.8. The number of benzene rings is 3. The molecule has 0 unspecified atom stereocenters. The molecule has 31 heavy (non-hydrogen) atoms. The van der Waals surface area contributed by atoms with E-state index >= 15 is 0 Å². The zero-order valence-electron chi connectivity index (χ0n) is 16.1. The highest BCUT2D eigenvalue weighted by atomic mass is 19.1. The number of hydrogen-bond acceptors (Lipinski definition) is 4. The van der Waals surface area contributed by atoms with Gasteiger partial charge in [0.05, 0.1) is 5.69 Å². The molecule has 6 nitrogen and oxygen atoms in total. The first kappa shape index (κ1) is 20.1. The fourth-order valence-corrected chi connectivity index (χ4v) is 3.02. The summed E-state index contributed by atoms with van der Waals surface area (Å²) in [4.78, 5) is 29.1. The second-order valence-electron chi connectivity index (χ2n) is 6.65. The lowest BCUT2D eigenvalue weighted by Gasteiger charge is -2.12. The molecule has 0 radical (unpaired) electrons.